The first kappa shape index (κ1) is 13.8. The highest BCUT2D eigenvalue weighted by atomic mass is 19.1. The topological polar surface area (TPSA) is 26.3 Å². The van der Waals surface area contributed by atoms with E-state index in [9.17, 15) is 13.6 Å². The van der Waals surface area contributed by atoms with Crippen LogP contribution in [0.15, 0.2) is 18.2 Å². The van der Waals surface area contributed by atoms with Crippen molar-refractivity contribution in [2.45, 2.75) is 32.3 Å². The Labute approximate surface area is 99.6 Å². The summed E-state index contributed by atoms with van der Waals surface area (Å²) in [5.74, 6) is -1.35. The Bertz CT molecular complexity index is 371. The molecule has 0 aliphatic rings. The zero-order valence-electron chi connectivity index (χ0n) is 10.0. The first-order valence-corrected chi connectivity index (χ1v) is 5.50. The van der Waals surface area contributed by atoms with Gasteiger partial charge in [-0.05, 0) is 31.0 Å². The van der Waals surface area contributed by atoms with Crippen LogP contribution in [0.3, 0.4) is 0 Å². The van der Waals surface area contributed by atoms with Gasteiger partial charge in [0.05, 0.1) is 6.10 Å². The summed E-state index contributed by atoms with van der Waals surface area (Å²) < 4.78 is 30.8. The average Bonchev–Trinajstić information content (AvgIpc) is 2.24. The number of ether oxygens (including phenoxy) is 1. The number of carbonyl (C=O) groups excluding carboxylic acids is 1. The normalized spacial score (nSPS) is 12.5. The molecule has 0 fully saturated rings. The van der Waals surface area contributed by atoms with Crippen molar-refractivity contribution in [1.82, 2.24) is 0 Å². The fourth-order valence-corrected chi connectivity index (χ4v) is 1.51. The van der Waals surface area contributed by atoms with Gasteiger partial charge in [-0.25, -0.2) is 8.78 Å². The summed E-state index contributed by atoms with van der Waals surface area (Å²) in [6.45, 7) is 1.87. The second-order valence-corrected chi connectivity index (χ2v) is 4.08. The molecule has 0 amide bonds. The Morgan fingerprint density at radius 3 is 2.41 bits per heavy atom. The SMILES string of the molecule is COC(C)CCC(=O)Cc1cc(F)cc(F)c1. The summed E-state index contributed by atoms with van der Waals surface area (Å²) in [5, 5.41) is 0. The third kappa shape index (κ3) is 5.04. The quantitative estimate of drug-likeness (QED) is 0.766. The highest BCUT2D eigenvalue weighted by Crippen LogP contribution is 2.11. The van der Waals surface area contributed by atoms with Crippen LogP contribution in [0.4, 0.5) is 8.78 Å². The predicted octanol–water partition coefficient (Wildman–Crippen LogP) is 2.89. The molecule has 0 spiro atoms. The van der Waals surface area contributed by atoms with Gasteiger partial charge in [0.2, 0.25) is 0 Å². The van der Waals surface area contributed by atoms with Crippen molar-refractivity contribution in [3.8, 4) is 0 Å². The smallest absolute Gasteiger partial charge is 0.137 e. The fraction of sp³-hybridized carbons (Fsp3) is 0.462. The fourth-order valence-electron chi connectivity index (χ4n) is 1.51. The molecule has 0 bridgehead atoms. The second-order valence-electron chi connectivity index (χ2n) is 4.08. The summed E-state index contributed by atoms with van der Waals surface area (Å²) >= 11 is 0. The summed E-state index contributed by atoms with van der Waals surface area (Å²) in [6.07, 6.45) is 1.05. The molecule has 0 heterocycles. The summed E-state index contributed by atoms with van der Waals surface area (Å²) in [6, 6.07) is 3.16. The van der Waals surface area contributed by atoms with E-state index in [-0.39, 0.29) is 18.3 Å². The van der Waals surface area contributed by atoms with Gasteiger partial charge in [0.15, 0.2) is 0 Å². The van der Waals surface area contributed by atoms with Crippen molar-refractivity contribution < 1.29 is 18.3 Å². The molecule has 4 heteroatoms. The first-order valence-electron chi connectivity index (χ1n) is 5.50. The predicted molar refractivity (Wildman–Crippen MR) is 60.8 cm³/mol. The monoisotopic (exact) mass is 242 g/mol. The Hall–Kier alpha value is -1.29. The van der Waals surface area contributed by atoms with E-state index < -0.39 is 11.6 Å². The number of benzene rings is 1. The number of halogens is 2. The van der Waals surface area contributed by atoms with Crippen LogP contribution in [0, 0.1) is 11.6 Å². The Kier molecular flexibility index (Phi) is 5.22. The number of hydrogen-bond acceptors (Lipinski definition) is 2. The van der Waals surface area contributed by atoms with Crippen LogP contribution in [0.1, 0.15) is 25.3 Å². The second kappa shape index (κ2) is 6.45. The molecule has 0 radical (unpaired) electrons. The molecule has 0 aliphatic heterocycles. The summed E-state index contributed by atoms with van der Waals surface area (Å²) in [5.41, 5.74) is 0.373. The van der Waals surface area contributed by atoms with Gasteiger partial charge in [-0.15, -0.1) is 0 Å². The van der Waals surface area contributed by atoms with E-state index in [0.29, 0.717) is 18.4 Å². The van der Waals surface area contributed by atoms with Crippen LogP contribution in [0.25, 0.3) is 0 Å². The molecular weight excluding hydrogens is 226 g/mol. The number of hydrogen-bond donors (Lipinski definition) is 0. The van der Waals surface area contributed by atoms with Gasteiger partial charge in [0, 0.05) is 26.0 Å². The van der Waals surface area contributed by atoms with E-state index in [1.165, 1.54) is 12.1 Å². The number of rotatable bonds is 6. The van der Waals surface area contributed by atoms with Crippen LogP contribution in [0.5, 0.6) is 0 Å². The molecule has 94 valence electrons. The van der Waals surface area contributed by atoms with E-state index in [4.69, 9.17) is 4.74 Å². The van der Waals surface area contributed by atoms with Crippen LogP contribution >= 0.6 is 0 Å². The van der Waals surface area contributed by atoms with Gasteiger partial charge >= 0.3 is 0 Å². The average molecular weight is 242 g/mol. The van der Waals surface area contributed by atoms with Crippen molar-refractivity contribution in [3.63, 3.8) is 0 Å². The summed E-state index contributed by atoms with van der Waals surface area (Å²) in [7, 11) is 1.58. The highest BCUT2D eigenvalue weighted by molar-refractivity contribution is 5.80. The van der Waals surface area contributed by atoms with Crippen LogP contribution < -0.4 is 0 Å². The number of methoxy groups -OCH3 is 1. The maximum atomic E-state index is 12.9. The molecule has 0 aliphatic carbocycles. The van der Waals surface area contributed by atoms with Crippen molar-refractivity contribution in [3.05, 3.63) is 35.4 Å². The molecule has 0 aromatic heterocycles. The number of carbonyl (C=O) groups is 1. The molecule has 1 aromatic rings. The third-order valence-electron chi connectivity index (χ3n) is 2.56. The molecule has 0 saturated carbocycles. The zero-order valence-corrected chi connectivity index (χ0v) is 10.0. The molecule has 1 atom stereocenters. The number of ketones is 1. The van der Waals surface area contributed by atoms with E-state index >= 15 is 0 Å². The lowest BCUT2D eigenvalue weighted by atomic mass is 10.0. The standard InChI is InChI=1S/C13H16F2O2/c1-9(17-2)3-4-13(16)7-10-5-11(14)8-12(15)6-10/h5-6,8-9H,3-4,7H2,1-2H3. The maximum Gasteiger partial charge on any atom is 0.137 e. The van der Waals surface area contributed by atoms with Crippen molar-refractivity contribution in [2.24, 2.45) is 0 Å². The lowest BCUT2D eigenvalue weighted by Gasteiger charge is -2.08. The maximum absolute atomic E-state index is 12.9. The van der Waals surface area contributed by atoms with E-state index in [1.54, 1.807) is 7.11 Å². The van der Waals surface area contributed by atoms with Gasteiger partial charge in [-0.1, -0.05) is 0 Å². The molecule has 0 N–H and O–H groups in total. The van der Waals surface area contributed by atoms with Crippen molar-refractivity contribution >= 4 is 5.78 Å². The highest BCUT2D eigenvalue weighted by Gasteiger charge is 2.08. The van der Waals surface area contributed by atoms with Crippen LogP contribution in [-0.2, 0) is 16.0 Å². The van der Waals surface area contributed by atoms with Crippen molar-refractivity contribution in [2.75, 3.05) is 7.11 Å². The van der Waals surface area contributed by atoms with Crippen molar-refractivity contribution in [1.29, 1.82) is 0 Å². The molecule has 1 aromatic carbocycles. The van der Waals surface area contributed by atoms with Gasteiger partial charge in [0.25, 0.3) is 0 Å². The van der Waals surface area contributed by atoms with E-state index in [2.05, 4.69) is 0 Å². The van der Waals surface area contributed by atoms with Gasteiger partial charge in [-0.2, -0.15) is 0 Å². The lowest BCUT2D eigenvalue weighted by molar-refractivity contribution is -0.119. The lowest BCUT2D eigenvalue weighted by Crippen LogP contribution is -2.10. The number of Topliss-reactive ketones (excluding diaryl/α,β-unsaturated/α-hetero) is 1. The molecule has 1 unspecified atom stereocenters. The van der Waals surface area contributed by atoms with Gasteiger partial charge < -0.3 is 4.74 Å². The van der Waals surface area contributed by atoms with Crippen LogP contribution in [0.2, 0.25) is 0 Å². The summed E-state index contributed by atoms with van der Waals surface area (Å²) in [4.78, 5) is 11.6. The van der Waals surface area contributed by atoms with E-state index in [0.717, 1.165) is 6.07 Å². The Balaban J connectivity index is 2.50. The zero-order chi connectivity index (χ0) is 12.8. The van der Waals surface area contributed by atoms with E-state index in [1.807, 2.05) is 6.92 Å². The molecule has 0 saturated heterocycles. The first-order chi connectivity index (χ1) is 8.01. The minimum atomic E-state index is -0.655. The minimum Gasteiger partial charge on any atom is -0.382 e. The Morgan fingerprint density at radius 2 is 1.88 bits per heavy atom. The van der Waals surface area contributed by atoms with Gasteiger partial charge in [-0.3, -0.25) is 4.79 Å². The van der Waals surface area contributed by atoms with Gasteiger partial charge in [0.1, 0.15) is 17.4 Å². The largest absolute Gasteiger partial charge is 0.382 e. The van der Waals surface area contributed by atoms with Crippen LogP contribution in [-0.4, -0.2) is 19.0 Å². The minimum absolute atomic E-state index is 0.0168. The molecular formula is C13H16F2O2. The Morgan fingerprint density at radius 1 is 1.29 bits per heavy atom. The molecule has 17 heavy (non-hydrogen) atoms. The molecule has 2 nitrogen and oxygen atoms in total. The molecule has 1 rings (SSSR count). The third-order valence-corrected chi connectivity index (χ3v) is 2.56.